The number of piperidine rings is 1. The third kappa shape index (κ3) is 4.62. The van der Waals surface area contributed by atoms with Crippen molar-refractivity contribution in [3.05, 3.63) is 76.2 Å². The minimum Gasteiger partial charge on any atom is -0.445 e. The smallest absolute Gasteiger partial charge is 0.408 e. The van der Waals surface area contributed by atoms with Crippen LogP contribution in [0.2, 0.25) is 0 Å². The van der Waals surface area contributed by atoms with Crippen molar-refractivity contribution < 1.29 is 23.9 Å². The van der Waals surface area contributed by atoms with Gasteiger partial charge in [-0.25, -0.2) is 9.69 Å². The molecule has 0 spiro atoms. The van der Waals surface area contributed by atoms with Gasteiger partial charge in [-0.3, -0.25) is 14.4 Å². The first-order valence-corrected chi connectivity index (χ1v) is 9.03. The van der Waals surface area contributed by atoms with E-state index in [1.807, 2.05) is 6.07 Å². The number of nitrogens with zero attached hydrogens (tertiary/aromatic N) is 4. The Morgan fingerprint density at radius 3 is 2.57 bits per heavy atom. The van der Waals surface area contributed by atoms with Crippen LogP contribution in [0.4, 0.5) is 10.5 Å². The van der Waals surface area contributed by atoms with Crippen molar-refractivity contribution in [2.24, 2.45) is 5.11 Å². The number of ether oxygens (including phenoxy) is 1. The van der Waals surface area contributed by atoms with E-state index < -0.39 is 29.9 Å². The van der Waals surface area contributed by atoms with Gasteiger partial charge in [-0.1, -0.05) is 53.6 Å². The molecule has 30 heavy (non-hydrogen) atoms. The molecule has 1 unspecified atom stereocenters. The van der Waals surface area contributed by atoms with Gasteiger partial charge in [-0.2, -0.15) is 0 Å². The lowest BCUT2D eigenvalue weighted by atomic mass is 10.0. The summed E-state index contributed by atoms with van der Waals surface area (Å²) in [5.41, 5.74) is 9.32. The van der Waals surface area contributed by atoms with Crippen molar-refractivity contribution in [1.82, 2.24) is 10.2 Å². The summed E-state index contributed by atoms with van der Waals surface area (Å²) < 4.78 is 5.09. The van der Waals surface area contributed by atoms with Gasteiger partial charge in [0, 0.05) is 16.9 Å². The fraction of sp³-hybridized carbons (Fsp3) is 0.200. The number of hydrogen-bond donors (Lipinski definition) is 1. The standard InChI is InChI=1S/C20H17N5O5/c21-24-23-15-9-5-4-8-14(15)18(27)25-17(26)11-10-16(19(25)28)22-20(29)30-12-13-6-2-1-3-7-13/h1-9,16H,10-12H2,(H,22,29). The van der Waals surface area contributed by atoms with Crippen LogP contribution in [0.3, 0.4) is 0 Å². The molecule has 1 atom stereocenters. The maximum atomic E-state index is 12.8. The zero-order valence-corrected chi connectivity index (χ0v) is 15.7. The molecule has 152 valence electrons. The molecule has 0 bridgehead atoms. The number of rotatable bonds is 5. The number of imide groups is 3. The molecule has 2 aromatic rings. The summed E-state index contributed by atoms with van der Waals surface area (Å²) in [6.45, 7) is 0.00863. The summed E-state index contributed by atoms with van der Waals surface area (Å²) in [6.07, 6.45) is -0.918. The van der Waals surface area contributed by atoms with Crippen LogP contribution in [0, 0.1) is 0 Å². The molecule has 1 aliphatic rings. The molecule has 0 saturated carbocycles. The highest BCUT2D eigenvalue weighted by Crippen LogP contribution is 2.24. The van der Waals surface area contributed by atoms with Crippen molar-refractivity contribution in [2.45, 2.75) is 25.5 Å². The summed E-state index contributed by atoms with van der Waals surface area (Å²) in [6, 6.07) is 13.7. The normalized spacial score (nSPS) is 15.9. The molecule has 10 heteroatoms. The number of alkyl carbamates (subject to hydrolysis) is 1. The van der Waals surface area contributed by atoms with Gasteiger partial charge < -0.3 is 10.1 Å². The molecule has 2 aromatic carbocycles. The molecule has 1 heterocycles. The van der Waals surface area contributed by atoms with E-state index in [1.54, 1.807) is 30.3 Å². The minimum absolute atomic E-state index is 0.00863. The monoisotopic (exact) mass is 407 g/mol. The van der Waals surface area contributed by atoms with E-state index in [2.05, 4.69) is 15.3 Å². The van der Waals surface area contributed by atoms with Gasteiger partial charge in [-0.15, -0.1) is 0 Å². The highest BCUT2D eigenvalue weighted by atomic mass is 16.5. The van der Waals surface area contributed by atoms with E-state index in [0.29, 0.717) is 4.90 Å². The highest BCUT2D eigenvalue weighted by Gasteiger charge is 2.40. The van der Waals surface area contributed by atoms with Gasteiger partial charge in [-0.05, 0) is 23.6 Å². The Hall–Kier alpha value is -4.17. The number of hydrogen-bond acceptors (Lipinski definition) is 6. The zero-order valence-electron chi connectivity index (χ0n) is 15.7. The fourth-order valence-electron chi connectivity index (χ4n) is 2.95. The second kappa shape index (κ2) is 9.35. The summed E-state index contributed by atoms with van der Waals surface area (Å²) in [4.78, 5) is 53.0. The largest absolute Gasteiger partial charge is 0.445 e. The molecular weight excluding hydrogens is 390 g/mol. The number of carbonyl (C=O) groups excluding carboxylic acids is 4. The van der Waals surface area contributed by atoms with Crippen LogP contribution in [0.1, 0.15) is 28.8 Å². The third-order valence-corrected chi connectivity index (χ3v) is 4.41. The molecule has 0 aromatic heterocycles. The molecule has 4 amide bonds. The maximum absolute atomic E-state index is 12.8. The van der Waals surface area contributed by atoms with Crippen LogP contribution >= 0.6 is 0 Å². The molecular formula is C20H17N5O5. The Kier molecular flexibility index (Phi) is 6.41. The number of azide groups is 1. The number of nitrogens with one attached hydrogen (secondary N) is 1. The fourth-order valence-corrected chi connectivity index (χ4v) is 2.95. The first kappa shape index (κ1) is 20.6. The van der Waals surface area contributed by atoms with Gasteiger partial charge in [0.25, 0.3) is 11.8 Å². The summed E-state index contributed by atoms with van der Waals surface area (Å²) in [7, 11) is 0. The van der Waals surface area contributed by atoms with E-state index in [-0.39, 0.29) is 30.7 Å². The predicted molar refractivity (Wildman–Crippen MR) is 104 cm³/mol. The molecule has 0 aliphatic carbocycles. The summed E-state index contributed by atoms with van der Waals surface area (Å²) in [5, 5.41) is 5.81. The maximum Gasteiger partial charge on any atom is 0.408 e. The number of benzene rings is 2. The Balaban J connectivity index is 1.70. The van der Waals surface area contributed by atoms with E-state index >= 15 is 0 Å². The lowest BCUT2D eigenvalue weighted by Crippen LogP contribution is -2.56. The van der Waals surface area contributed by atoms with Crippen LogP contribution in [0.15, 0.2) is 59.7 Å². The number of carbonyl (C=O) groups is 4. The number of amides is 4. The molecule has 1 saturated heterocycles. The van der Waals surface area contributed by atoms with Gasteiger partial charge >= 0.3 is 6.09 Å². The highest BCUT2D eigenvalue weighted by molar-refractivity contribution is 6.20. The molecule has 1 N–H and O–H groups in total. The van der Waals surface area contributed by atoms with Crippen molar-refractivity contribution in [2.75, 3.05) is 0 Å². The lowest BCUT2D eigenvalue weighted by molar-refractivity contribution is -0.146. The van der Waals surface area contributed by atoms with E-state index in [1.165, 1.54) is 18.2 Å². The zero-order chi connectivity index (χ0) is 21.5. The first-order valence-electron chi connectivity index (χ1n) is 9.03. The SMILES string of the molecule is [N-]=[N+]=Nc1ccccc1C(=O)N1C(=O)CCC(NC(=O)OCc2ccccc2)C1=O. The van der Waals surface area contributed by atoms with Crippen molar-refractivity contribution >= 4 is 29.5 Å². The average Bonchev–Trinajstić information content (AvgIpc) is 2.75. The second-order valence-corrected chi connectivity index (χ2v) is 6.38. The van der Waals surface area contributed by atoms with E-state index in [4.69, 9.17) is 10.3 Å². The van der Waals surface area contributed by atoms with Crippen molar-refractivity contribution in [3.8, 4) is 0 Å². The molecule has 0 radical (unpaired) electrons. The van der Waals surface area contributed by atoms with E-state index in [0.717, 1.165) is 5.56 Å². The molecule has 3 rings (SSSR count). The Morgan fingerprint density at radius 2 is 1.83 bits per heavy atom. The van der Waals surface area contributed by atoms with Gasteiger partial charge in [0.05, 0.1) is 5.69 Å². The predicted octanol–water partition coefficient (Wildman–Crippen LogP) is 3.21. The van der Waals surface area contributed by atoms with Crippen LogP contribution < -0.4 is 5.32 Å². The van der Waals surface area contributed by atoms with Crippen molar-refractivity contribution in [3.63, 3.8) is 0 Å². The number of likely N-dealkylation sites (tertiary alicyclic amines) is 1. The second-order valence-electron chi connectivity index (χ2n) is 6.38. The van der Waals surface area contributed by atoms with Crippen LogP contribution in [0.25, 0.3) is 10.4 Å². The molecule has 10 nitrogen and oxygen atoms in total. The Bertz CT molecular complexity index is 1030. The van der Waals surface area contributed by atoms with Crippen LogP contribution in [0.5, 0.6) is 0 Å². The molecule has 1 fully saturated rings. The van der Waals surface area contributed by atoms with Crippen LogP contribution in [-0.4, -0.2) is 34.8 Å². The molecule has 1 aliphatic heterocycles. The van der Waals surface area contributed by atoms with Gasteiger partial charge in [0.1, 0.15) is 12.6 Å². The van der Waals surface area contributed by atoms with Crippen LogP contribution in [-0.2, 0) is 20.9 Å². The lowest BCUT2D eigenvalue weighted by Gasteiger charge is -2.29. The Morgan fingerprint density at radius 1 is 1.13 bits per heavy atom. The average molecular weight is 407 g/mol. The first-order chi connectivity index (χ1) is 14.5. The Labute approximate surface area is 171 Å². The third-order valence-electron chi connectivity index (χ3n) is 4.41. The topological polar surface area (TPSA) is 142 Å². The quantitative estimate of drug-likeness (QED) is 0.350. The van der Waals surface area contributed by atoms with Gasteiger partial charge in [0.15, 0.2) is 0 Å². The summed E-state index contributed by atoms with van der Waals surface area (Å²) in [5.74, 6) is -2.49. The van der Waals surface area contributed by atoms with E-state index in [9.17, 15) is 19.2 Å². The minimum atomic E-state index is -1.10. The van der Waals surface area contributed by atoms with Crippen molar-refractivity contribution in [1.29, 1.82) is 0 Å². The van der Waals surface area contributed by atoms with Gasteiger partial charge in [0.2, 0.25) is 5.91 Å². The summed E-state index contributed by atoms with van der Waals surface area (Å²) >= 11 is 0.